The molecule has 2 unspecified atom stereocenters. The molecule has 0 spiro atoms. The Balaban J connectivity index is 2.72. The van der Waals surface area contributed by atoms with Crippen molar-refractivity contribution < 1.29 is 0 Å². The molecule has 3 N–H and O–H groups in total. The standard InChI is InChI=1S/C11H24N4/c1-4-8-13-11(14-12)15-9(3)6-7-10(15)5-2/h9-10H,4-8,12H2,1-3H3,(H,13,14). The number of nitrogens with one attached hydrogen (secondary N) is 1. The van der Waals surface area contributed by atoms with Gasteiger partial charge in [0.25, 0.3) is 0 Å². The molecule has 15 heavy (non-hydrogen) atoms. The van der Waals surface area contributed by atoms with Crippen LogP contribution in [0.25, 0.3) is 0 Å². The summed E-state index contributed by atoms with van der Waals surface area (Å²) in [5, 5.41) is 0. The third-order valence-electron chi connectivity index (χ3n) is 3.12. The van der Waals surface area contributed by atoms with E-state index in [1.54, 1.807) is 0 Å². The van der Waals surface area contributed by atoms with Crippen molar-refractivity contribution >= 4 is 5.96 Å². The summed E-state index contributed by atoms with van der Waals surface area (Å²) >= 11 is 0. The fraction of sp³-hybridized carbons (Fsp3) is 0.909. The SMILES string of the molecule is CCCN=C(NN)N1C(C)CCC1CC. The summed E-state index contributed by atoms with van der Waals surface area (Å²) in [5.41, 5.74) is 2.75. The smallest absolute Gasteiger partial charge is 0.208 e. The van der Waals surface area contributed by atoms with Gasteiger partial charge in [-0.05, 0) is 32.6 Å². The van der Waals surface area contributed by atoms with Crippen LogP contribution in [0.15, 0.2) is 4.99 Å². The number of hydrogen-bond acceptors (Lipinski definition) is 2. The predicted octanol–water partition coefficient (Wildman–Crippen LogP) is 1.48. The van der Waals surface area contributed by atoms with Crippen molar-refractivity contribution in [2.75, 3.05) is 6.54 Å². The van der Waals surface area contributed by atoms with Crippen molar-refractivity contribution in [3.05, 3.63) is 0 Å². The van der Waals surface area contributed by atoms with Crippen LogP contribution in [0.1, 0.15) is 46.5 Å². The number of guanidine groups is 1. The Morgan fingerprint density at radius 3 is 2.73 bits per heavy atom. The fourth-order valence-electron chi connectivity index (χ4n) is 2.27. The molecular weight excluding hydrogens is 188 g/mol. The fourth-order valence-corrected chi connectivity index (χ4v) is 2.27. The maximum atomic E-state index is 5.55. The van der Waals surface area contributed by atoms with Crippen molar-refractivity contribution in [1.82, 2.24) is 10.3 Å². The van der Waals surface area contributed by atoms with Crippen LogP contribution in [0.4, 0.5) is 0 Å². The van der Waals surface area contributed by atoms with Gasteiger partial charge in [0, 0.05) is 18.6 Å². The molecule has 4 nitrogen and oxygen atoms in total. The summed E-state index contributed by atoms with van der Waals surface area (Å²) in [7, 11) is 0. The van der Waals surface area contributed by atoms with E-state index in [1.807, 2.05) is 0 Å². The molecule has 0 amide bonds. The topological polar surface area (TPSA) is 53.6 Å². The van der Waals surface area contributed by atoms with Crippen molar-refractivity contribution in [2.24, 2.45) is 10.8 Å². The van der Waals surface area contributed by atoms with Crippen LogP contribution >= 0.6 is 0 Å². The molecule has 0 bridgehead atoms. The highest BCUT2D eigenvalue weighted by atomic mass is 15.4. The van der Waals surface area contributed by atoms with Gasteiger partial charge in [-0.2, -0.15) is 0 Å². The van der Waals surface area contributed by atoms with E-state index in [4.69, 9.17) is 5.84 Å². The van der Waals surface area contributed by atoms with Gasteiger partial charge in [0.15, 0.2) is 0 Å². The molecule has 1 fully saturated rings. The summed E-state index contributed by atoms with van der Waals surface area (Å²) in [5.74, 6) is 6.42. The highest BCUT2D eigenvalue weighted by Gasteiger charge is 2.31. The minimum Gasteiger partial charge on any atom is -0.336 e. The third kappa shape index (κ3) is 2.84. The molecule has 0 aromatic heterocycles. The lowest BCUT2D eigenvalue weighted by Gasteiger charge is -2.30. The highest BCUT2D eigenvalue weighted by molar-refractivity contribution is 5.80. The molecule has 1 aliphatic heterocycles. The molecule has 0 saturated carbocycles. The van der Waals surface area contributed by atoms with Gasteiger partial charge in [0.2, 0.25) is 5.96 Å². The van der Waals surface area contributed by atoms with E-state index in [9.17, 15) is 0 Å². The molecule has 0 radical (unpaired) electrons. The zero-order valence-electron chi connectivity index (χ0n) is 10.2. The Hall–Kier alpha value is -0.770. The minimum absolute atomic E-state index is 0.557. The Bertz CT molecular complexity index is 215. The molecule has 4 heteroatoms. The molecule has 0 aromatic rings. The van der Waals surface area contributed by atoms with Crippen molar-refractivity contribution in [3.8, 4) is 0 Å². The van der Waals surface area contributed by atoms with Gasteiger partial charge >= 0.3 is 0 Å². The summed E-state index contributed by atoms with van der Waals surface area (Å²) < 4.78 is 0. The Labute approximate surface area is 92.9 Å². The van der Waals surface area contributed by atoms with Gasteiger partial charge in [-0.1, -0.05) is 13.8 Å². The third-order valence-corrected chi connectivity index (χ3v) is 3.12. The molecule has 0 aliphatic carbocycles. The lowest BCUT2D eigenvalue weighted by Crippen LogP contribution is -2.49. The number of aliphatic imine (C=N–C) groups is 1. The van der Waals surface area contributed by atoms with Gasteiger partial charge in [-0.25, -0.2) is 5.84 Å². The number of hydrazine groups is 1. The summed E-state index contributed by atoms with van der Waals surface area (Å²) in [6.45, 7) is 7.44. The Morgan fingerprint density at radius 2 is 2.20 bits per heavy atom. The zero-order valence-corrected chi connectivity index (χ0v) is 10.2. The first-order valence-electron chi connectivity index (χ1n) is 6.03. The average Bonchev–Trinajstić information content (AvgIpc) is 2.62. The van der Waals surface area contributed by atoms with Gasteiger partial charge < -0.3 is 4.90 Å². The second kappa shape index (κ2) is 5.95. The normalized spacial score (nSPS) is 27.2. The second-order valence-corrected chi connectivity index (χ2v) is 4.25. The van der Waals surface area contributed by atoms with Crippen molar-refractivity contribution in [3.63, 3.8) is 0 Å². The lowest BCUT2D eigenvalue weighted by atomic mass is 10.2. The average molecular weight is 212 g/mol. The van der Waals surface area contributed by atoms with Crippen LogP contribution in [0.5, 0.6) is 0 Å². The lowest BCUT2D eigenvalue weighted by molar-refractivity contribution is 0.309. The van der Waals surface area contributed by atoms with Gasteiger partial charge in [-0.3, -0.25) is 10.4 Å². The molecule has 2 atom stereocenters. The highest BCUT2D eigenvalue weighted by Crippen LogP contribution is 2.25. The van der Waals surface area contributed by atoms with E-state index in [2.05, 4.69) is 36.1 Å². The molecule has 1 rings (SSSR count). The number of hydrogen-bond donors (Lipinski definition) is 2. The second-order valence-electron chi connectivity index (χ2n) is 4.25. The van der Waals surface area contributed by atoms with Crippen LogP contribution in [-0.4, -0.2) is 29.5 Å². The monoisotopic (exact) mass is 212 g/mol. The number of likely N-dealkylation sites (tertiary alicyclic amines) is 1. The van der Waals surface area contributed by atoms with Crippen molar-refractivity contribution in [2.45, 2.75) is 58.5 Å². The van der Waals surface area contributed by atoms with Crippen LogP contribution in [0.3, 0.4) is 0 Å². The first kappa shape index (κ1) is 12.3. The Morgan fingerprint density at radius 1 is 1.47 bits per heavy atom. The number of nitrogens with zero attached hydrogens (tertiary/aromatic N) is 2. The maximum Gasteiger partial charge on any atom is 0.208 e. The summed E-state index contributed by atoms with van der Waals surface area (Å²) in [6.07, 6.45) is 4.72. The quantitative estimate of drug-likeness (QED) is 0.322. The molecular formula is C11H24N4. The summed E-state index contributed by atoms with van der Waals surface area (Å²) in [4.78, 5) is 6.84. The van der Waals surface area contributed by atoms with Crippen LogP contribution in [0.2, 0.25) is 0 Å². The van der Waals surface area contributed by atoms with E-state index in [0.717, 1.165) is 25.3 Å². The van der Waals surface area contributed by atoms with Crippen LogP contribution in [-0.2, 0) is 0 Å². The summed E-state index contributed by atoms with van der Waals surface area (Å²) in [6, 6.07) is 1.16. The number of rotatable bonds is 3. The first-order valence-corrected chi connectivity index (χ1v) is 6.03. The van der Waals surface area contributed by atoms with Crippen LogP contribution in [0, 0.1) is 0 Å². The Kier molecular flexibility index (Phi) is 4.88. The van der Waals surface area contributed by atoms with E-state index in [0.29, 0.717) is 12.1 Å². The van der Waals surface area contributed by atoms with Crippen LogP contribution < -0.4 is 11.3 Å². The molecule has 0 aromatic carbocycles. The van der Waals surface area contributed by atoms with Gasteiger partial charge in [0.05, 0.1) is 0 Å². The minimum atomic E-state index is 0.557. The van der Waals surface area contributed by atoms with Crippen molar-refractivity contribution in [1.29, 1.82) is 0 Å². The zero-order chi connectivity index (χ0) is 11.3. The largest absolute Gasteiger partial charge is 0.336 e. The van der Waals surface area contributed by atoms with E-state index >= 15 is 0 Å². The van der Waals surface area contributed by atoms with E-state index in [1.165, 1.54) is 12.8 Å². The molecule has 1 saturated heterocycles. The molecule has 88 valence electrons. The maximum absolute atomic E-state index is 5.55. The van der Waals surface area contributed by atoms with E-state index < -0.39 is 0 Å². The first-order chi connectivity index (χ1) is 7.24. The number of nitrogens with two attached hydrogens (primary N) is 1. The van der Waals surface area contributed by atoms with E-state index in [-0.39, 0.29) is 0 Å². The predicted molar refractivity (Wildman–Crippen MR) is 64.5 cm³/mol. The van der Waals surface area contributed by atoms with Gasteiger partial charge in [-0.15, -0.1) is 0 Å². The molecule has 1 aliphatic rings. The molecule has 1 heterocycles. The van der Waals surface area contributed by atoms with Gasteiger partial charge in [0.1, 0.15) is 0 Å².